The van der Waals surface area contributed by atoms with Crippen molar-refractivity contribution in [3.8, 4) is 5.75 Å². The fourth-order valence-electron chi connectivity index (χ4n) is 3.39. The Labute approximate surface area is 164 Å². The van der Waals surface area contributed by atoms with E-state index in [1.54, 1.807) is 0 Å². The van der Waals surface area contributed by atoms with Crippen molar-refractivity contribution < 1.29 is 4.74 Å². The molecule has 0 atom stereocenters. The van der Waals surface area contributed by atoms with E-state index >= 15 is 0 Å². The molecule has 0 amide bonds. The van der Waals surface area contributed by atoms with Crippen molar-refractivity contribution in [2.75, 3.05) is 46.4 Å². The van der Waals surface area contributed by atoms with Crippen LogP contribution in [0.5, 0.6) is 5.75 Å². The van der Waals surface area contributed by atoms with Gasteiger partial charge in [-0.25, -0.2) is 0 Å². The van der Waals surface area contributed by atoms with Crippen LogP contribution in [-0.4, -0.2) is 56.2 Å². The normalized spacial score (nSPS) is 16.1. The SMILES string of the molecule is Cc1ccccc1C=Cc1ccccc1OCCCCN1CCN(C)CC1. The van der Waals surface area contributed by atoms with Gasteiger partial charge in [-0.1, -0.05) is 54.6 Å². The zero-order chi connectivity index (χ0) is 18.9. The molecule has 0 saturated carbocycles. The highest BCUT2D eigenvalue weighted by Gasteiger charge is 2.12. The predicted molar refractivity (Wildman–Crippen MR) is 115 cm³/mol. The summed E-state index contributed by atoms with van der Waals surface area (Å²) in [5, 5.41) is 0. The van der Waals surface area contributed by atoms with Crippen molar-refractivity contribution in [2.24, 2.45) is 0 Å². The Morgan fingerprint density at radius 2 is 1.52 bits per heavy atom. The van der Waals surface area contributed by atoms with Gasteiger partial charge < -0.3 is 14.5 Å². The number of benzene rings is 2. The van der Waals surface area contributed by atoms with Crippen LogP contribution >= 0.6 is 0 Å². The van der Waals surface area contributed by atoms with E-state index in [9.17, 15) is 0 Å². The van der Waals surface area contributed by atoms with Gasteiger partial charge in [0, 0.05) is 31.7 Å². The minimum absolute atomic E-state index is 0.781. The number of likely N-dealkylation sites (N-methyl/N-ethyl adjacent to an activating group) is 1. The molecule has 27 heavy (non-hydrogen) atoms. The molecule has 2 aromatic carbocycles. The molecule has 0 bridgehead atoms. The first-order valence-electron chi connectivity index (χ1n) is 10.1. The van der Waals surface area contributed by atoms with E-state index in [1.165, 1.54) is 50.3 Å². The van der Waals surface area contributed by atoms with E-state index in [0.717, 1.165) is 24.3 Å². The van der Waals surface area contributed by atoms with Gasteiger partial charge in [0.05, 0.1) is 6.61 Å². The summed E-state index contributed by atoms with van der Waals surface area (Å²) in [6.07, 6.45) is 6.62. The molecule has 1 heterocycles. The fourth-order valence-corrected chi connectivity index (χ4v) is 3.39. The van der Waals surface area contributed by atoms with Crippen LogP contribution < -0.4 is 4.74 Å². The zero-order valence-corrected chi connectivity index (χ0v) is 16.7. The molecule has 0 aromatic heterocycles. The van der Waals surface area contributed by atoms with Gasteiger partial charge in [-0.3, -0.25) is 0 Å². The molecule has 0 aliphatic carbocycles. The van der Waals surface area contributed by atoms with Crippen LogP contribution in [0.2, 0.25) is 0 Å². The number of para-hydroxylation sites is 1. The Morgan fingerprint density at radius 1 is 0.852 bits per heavy atom. The number of unbranched alkanes of at least 4 members (excludes halogenated alkanes) is 1. The maximum absolute atomic E-state index is 6.08. The molecule has 3 heteroatoms. The molecule has 1 saturated heterocycles. The quantitative estimate of drug-likeness (QED) is 0.504. The van der Waals surface area contributed by atoms with Crippen LogP contribution in [0.1, 0.15) is 29.5 Å². The van der Waals surface area contributed by atoms with Gasteiger partial charge >= 0.3 is 0 Å². The first-order valence-corrected chi connectivity index (χ1v) is 10.1. The molecule has 0 N–H and O–H groups in total. The van der Waals surface area contributed by atoms with E-state index in [1.807, 2.05) is 6.07 Å². The Hall–Kier alpha value is -2.10. The van der Waals surface area contributed by atoms with E-state index in [4.69, 9.17) is 4.74 Å². The number of nitrogens with zero attached hydrogens (tertiary/aromatic N) is 2. The molecule has 1 aliphatic heterocycles. The minimum atomic E-state index is 0.781. The smallest absolute Gasteiger partial charge is 0.126 e. The third-order valence-electron chi connectivity index (χ3n) is 5.27. The summed E-state index contributed by atoms with van der Waals surface area (Å²) in [7, 11) is 2.20. The van der Waals surface area contributed by atoms with Crippen molar-refractivity contribution in [3.63, 3.8) is 0 Å². The van der Waals surface area contributed by atoms with Crippen LogP contribution in [0, 0.1) is 6.92 Å². The topological polar surface area (TPSA) is 15.7 Å². The Morgan fingerprint density at radius 3 is 2.30 bits per heavy atom. The van der Waals surface area contributed by atoms with E-state index in [0.29, 0.717) is 0 Å². The largest absolute Gasteiger partial charge is 0.493 e. The molecular weight excluding hydrogens is 332 g/mol. The average Bonchev–Trinajstić information content (AvgIpc) is 2.69. The monoisotopic (exact) mass is 364 g/mol. The summed E-state index contributed by atoms with van der Waals surface area (Å²) < 4.78 is 6.08. The van der Waals surface area contributed by atoms with Crippen molar-refractivity contribution in [1.29, 1.82) is 0 Å². The van der Waals surface area contributed by atoms with Crippen LogP contribution in [-0.2, 0) is 0 Å². The van der Waals surface area contributed by atoms with Gasteiger partial charge in [0.1, 0.15) is 5.75 Å². The summed E-state index contributed by atoms with van der Waals surface area (Å²) in [4.78, 5) is 4.97. The number of aryl methyl sites for hydroxylation is 1. The molecule has 0 unspecified atom stereocenters. The molecule has 144 valence electrons. The standard InChI is InChI=1S/C24H32N2O/c1-21-9-3-4-10-22(21)13-14-23-11-5-6-12-24(23)27-20-8-7-15-26-18-16-25(2)17-19-26/h3-6,9-14H,7-8,15-20H2,1-2H3. The lowest BCUT2D eigenvalue weighted by atomic mass is 10.1. The second-order valence-corrected chi connectivity index (χ2v) is 7.43. The van der Waals surface area contributed by atoms with Crippen LogP contribution in [0.25, 0.3) is 12.2 Å². The second kappa shape index (κ2) is 10.3. The van der Waals surface area contributed by atoms with E-state index in [-0.39, 0.29) is 0 Å². The number of rotatable bonds is 8. The predicted octanol–water partition coefficient (Wildman–Crippen LogP) is 4.57. The Bertz CT molecular complexity index is 733. The highest BCUT2D eigenvalue weighted by molar-refractivity contribution is 5.73. The summed E-state index contributed by atoms with van der Waals surface area (Å²) in [6.45, 7) is 8.89. The summed E-state index contributed by atoms with van der Waals surface area (Å²) in [5.74, 6) is 0.974. The molecule has 0 radical (unpaired) electrons. The van der Waals surface area contributed by atoms with E-state index < -0.39 is 0 Å². The first-order chi connectivity index (χ1) is 13.2. The molecular formula is C24H32N2O. The van der Waals surface area contributed by atoms with Gasteiger partial charge in [-0.2, -0.15) is 0 Å². The lowest BCUT2D eigenvalue weighted by Crippen LogP contribution is -2.44. The molecule has 3 nitrogen and oxygen atoms in total. The molecule has 0 spiro atoms. The molecule has 2 aromatic rings. The Balaban J connectivity index is 1.46. The van der Waals surface area contributed by atoms with Gasteiger partial charge in [0.2, 0.25) is 0 Å². The van der Waals surface area contributed by atoms with Gasteiger partial charge in [-0.15, -0.1) is 0 Å². The third-order valence-corrected chi connectivity index (χ3v) is 5.27. The number of hydrogen-bond acceptors (Lipinski definition) is 3. The summed E-state index contributed by atoms with van der Waals surface area (Å²) >= 11 is 0. The van der Waals surface area contributed by atoms with Crippen molar-refractivity contribution in [1.82, 2.24) is 9.80 Å². The number of hydrogen-bond donors (Lipinski definition) is 0. The lowest BCUT2D eigenvalue weighted by molar-refractivity contribution is 0.150. The van der Waals surface area contributed by atoms with Gasteiger partial charge in [-0.05, 0) is 50.6 Å². The van der Waals surface area contributed by atoms with Crippen molar-refractivity contribution >= 4 is 12.2 Å². The summed E-state index contributed by atoms with van der Waals surface area (Å²) in [6, 6.07) is 16.7. The first kappa shape index (κ1) is 19.7. The second-order valence-electron chi connectivity index (χ2n) is 7.43. The highest BCUT2D eigenvalue weighted by atomic mass is 16.5. The molecule has 1 aliphatic rings. The van der Waals surface area contributed by atoms with Crippen LogP contribution in [0.15, 0.2) is 48.5 Å². The number of piperazine rings is 1. The summed E-state index contributed by atoms with van der Waals surface area (Å²) in [5.41, 5.74) is 3.68. The zero-order valence-electron chi connectivity index (χ0n) is 16.7. The average molecular weight is 365 g/mol. The highest BCUT2D eigenvalue weighted by Crippen LogP contribution is 2.21. The Kier molecular flexibility index (Phi) is 7.49. The fraction of sp³-hybridized carbons (Fsp3) is 0.417. The van der Waals surface area contributed by atoms with Crippen LogP contribution in [0.3, 0.4) is 0 Å². The van der Waals surface area contributed by atoms with Gasteiger partial charge in [0.25, 0.3) is 0 Å². The van der Waals surface area contributed by atoms with Gasteiger partial charge in [0.15, 0.2) is 0 Å². The minimum Gasteiger partial charge on any atom is -0.493 e. The third kappa shape index (κ3) is 6.23. The molecule has 1 fully saturated rings. The lowest BCUT2D eigenvalue weighted by Gasteiger charge is -2.32. The van der Waals surface area contributed by atoms with E-state index in [2.05, 4.69) is 78.4 Å². The van der Waals surface area contributed by atoms with Crippen molar-refractivity contribution in [2.45, 2.75) is 19.8 Å². The van der Waals surface area contributed by atoms with Crippen molar-refractivity contribution in [3.05, 3.63) is 65.2 Å². The maximum Gasteiger partial charge on any atom is 0.126 e. The van der Waals surface area contributed by atoms with Crippen LogP contribution in [0.4, 0.5) is 0 Å². The number of ether oxygens (including phenoxy) is 1. The molecule has 3 rings (SSSR count). The maximum atomic E-state index is 6.08.